The Labute approximate surface area is 318 Å². The third kappa shape index (κ3) is 6.42. The van der Waals surface area contributed by atoms with E-state index in [4.69, 9.17) is 10.8 Å². The Morgan fingerprint density at radius 1 is 0.788 bits per heavy atom. The molecule has 3 N–H and O–H groups in total. The number of aliphatic carboxylic acids is 1. The summed E-state index contributed by atoms with van der Waals surface area (Å²) in [5.74, 6) is -1.89. The van der Waals surface area contributed by atoms with Crippen LogP contribution in [0, 0.1) is 39.0 Å². The number of nitrogens with zero attached hydrogens (tertiary/aromatic N) is 3. The van der Waals surface area contributed by atoms with Gasteiger partial charge in [0.1, 0.15) is 18.2 Å². The average Bonchev–Trinajstić information content (AvgIpc) is 3.95. The van der Waals surface area contributed by atoms with Gasteiger partial charge in [-0.05, 0) is 111 Å². The normalized spacial score (nSPS) is 11.8. The van der Waals surface area contributed by atoms with E-state index in [9.17, 15) is 14.9 Å². The fraction of sp³-hybridized carbons (Fsp3) is 0.195. The number of para-hydroxylation sites is 1. The molecule has 0 aliphatic heterocycles. The van der Waals surface area contributed by atoms with Crippen LogP contribution < -0.4 is 5.73 Å². The molecule has 0 fully saturated rings. The number of nitrogens with two attached hydrogens (primary N) is 1. The Morgan fingerprint density at radius 2 is 1.35 bits per heavy atom. The van der Waals surface area contributed by atoms with Crippen LogP contribution in [0.3, 0.4) is 0 Å². The van der Waals surface area contributed by atoms with E-state index in [1.807, 2.05) is 35.7 Å². The first kappa shape index (κ1) is 35.6. The molecule has 0 aliphatic rings. The Hall–Kier alpha value is -4.83. The number of hydrogen-bond donors (Lipinski definition) is 2. The van der Waals surface area contributed by atoms with Crippen molar-refractivity contribution in [2.75, 3.05) is 13.2 Å². The number of aryl methyl sites for hydroxylation is 5. The smallest absolute Gasteiger partial charge is 0.323 e. The lowest BCUT2D eigenvalue weighted by Gasteiger charge is -2.17. The van der Waals surface area contributed by atoms with Crippen molar-refractivity contribution < 1.29 is 14.7 Å². The minimum absolute atomic E-state index is 0.148. The minimum Gasteiger partial charge on any atom is -0.480 e. The maximum absolute atomic E-state index is 12.9. The van der Waals surface area contributed by atoms with Crippen LogP contribution in [0.5, 0.6) is 0 Å². The Balaban J connectivity index is 1.18. The lowest BCUT2D eigenvalue weighted by molar-refractivity contribution is -0.142. The largest absolute Gasteiger partial charge is 0.480 e. The molecule has 7 aromatic rings. The highest BCUT2D eigenvalue weighted by Crippen LogP contribution is 2.49. The number of benzene rings is 2. The van der Waals surface area contributed by atoms with E-state index in [0.717, 1.165) is 37.2 Å². The standard InChI is InChI=1S/C41H36N4O3S4/c1-6-45-30-10-8-7-9-28(30)29-17-26(11-12-31(29)45)33-14-23(3)39(50-33)35-16-25(5)40(52-35)36-15-24(4)38(51-36)34-13-22(2)32(49-34)18-27(19-42)41(48)44(21-43)20-37(46)47/h7-18H,6,20-21,43H2,1-5H3,(H,46,47)/b27-18+. The molecular weight excluding hydrogens is 725 g/mol. The van der Waals surface area contributed by atoms with Crippen LogP contribution in [0.1, 0.15) is 34.1 Å². The summed E-state index contributed by atoms with van der Waals surface area (Å²) in [4.78, 5) is 34.3. The van der Waals surface area contributed by atoms with E-state index in [1.165, 1.54) is 80.3 Å². The lowest BCUT2D eigenvalue weighted by atomic mass is 10.1. The van der Waals surface area contributed by atoms with Crippen molar-refractivity contribution in [1.29, 1.82) is 5.26 Å². The molecule has 11 heteroatoms. The SMILES string of the molecule is CCn1c2ccccc2c2cc(-c3cc(C)c(-c4cc(C)c(-c5cc(C)c(-c6cc(C)c(/C=C(\C#N)C(=O)N(CN)CC(=O)O)s6)s5)s4)s3)ccc21. The van der Waals surface area contributed by atoms with Gasteiger partial charge in [0, 0.05) is 67.4 Å². The maximum atomic E-state index is 12.9. The monoisotopic (exact) mass is 760 g/mol. The molecule has 1 amide bonds. The molecule has 0 atom stereocenters. The fourth-order valence-electron chi connectivity index (χ4n) is 6.67. The number of carbonyl (C=O) groups is 2. The van der Waals surface area contributed by atoms with Crippen molar-refractivity contribution in [3.05, 3.63) is 99.4 Å². The molecule has 0 saturated carbocycles. The van der Waals surface area contributed by atoms with Crippen molar-refractivity contribution in [3.63, 3.8) is 0 Å². The zero-order valence-corrected chi connectivity index (χ0v) is 32.6. The first-order valence-electron chi connectivity index (χ1n) is 16.8. The summed E-state index contributed by atoms with van der Waals surface area (Å²) in [6.45, 7) is 10.7. The second-order valence-electron chi connectivity index (χ2n) is 12.8. The zero-order valence-electron chi connectivity index (χ0n) is 29.4. The summed E-state index contributed by atoms with van der Waals surface area (Å²) in [5.41, 5.74) is 13.8. The fourth-order valence-corrected chi connectivity index (χ4v) is 11.8. The summed E-state index contributed by atoms with van der Waals surface area (Å²) in [5, 5.41) is 21.5. The lowest BCUT2D eigenvalue weighted by Crippen LogP contribution is -2.40. The highest BCUT2D eigenvalue weighted by atomic mass is 32.1. The Morgan fingerprint density at radius 3 is 1.94 bits per heavy atom. The summed E-state index contributed by atoms with van der Waals surface area (Å²) >= 11 is 6.94. The quantitative estimate of drug-likeness (QED) is 0.0819. The molecule has 0 aliphatic carbocycles. The number of carboxylic acid groups (broad SMARTS) is 1. The van der Waals surface area contributed by atoms with E-state index >= 15 is 0 Å². The number of thiophene rings is 4. The number of carboxylic acids is 1. The van der Waals surface area contributed by atoms with Crippen LogP contribution in [-0.4, -0.2) is 39.7 Å². The third-order valence-electron chi connectivity index (χ3n) is 9.21. The van der Waals surface area contributed by atoms with Crippen LogP contribution in [0.15, 0.2) is 72.3 Å². The van der Waals surface area contributed by atoms with Crippen LogP contribution >= 0.6 is 45.3 Å². The number of aromatic nitrogens is 1. The number of hydrogen-bond acceptors (Lipinski definition) is 8. The Bertz CT molecular complexity index is 2600. The molecule has 0 radical (unpaired) electrons. The second kappa shape index (κ2) is 14.3. The molecule has 7 rings (SSSR count). The highest BCUT2D eigenvalue weighted by molar-refractivity contribution is 7.29. The molecule has 0 bridgehead atoms. The van der Waals surface area contributed by atoms with E-state index in [1.54, 1.807) is 11.3 Å². The molecule has 0 saturated heterocycles. The van der Waals surface area contributed by atoms with Gasteiger partial charge in [-0.2, -0.15) is 5.26 Å². The van der Waals surface area contributed by atoms with Crippen molar-refractivity contribution in [2.45, 2.75) is 41.2 Å². The summed E-state index contributed by atoms with van der Waals surface area (Å²) in [7, 11) is 0. The van der Waals surface area contributed by atoms with Crippen LogP contribution in [0.2, 0.25) is 0 Å². The van der Waals surface area contributed by atoms with Gasteiger partial charge in [0.2, 0.25) is 0 Å². The minimum atomic E-state index is -1.19. The third-order valence-corrected chi connectivity index (χ3v) is 14.7. The summed E-state index contributed by atoms with van der Waals surface area (Å²) in [6.07, 6.45) is 1.54. The molecule has 2 aromatic carbocycles. The van der Waals surface area contributed by atoms with Gasteiger partial charge < -0.3 is 20.3 Å². The van der Waals surface area contributed by atoms with Gasteiger partial charge in [-0.25, -0.2) is 0 Å². The molecule has 0 unspecified atom stereocenters. The molecule has 262 valence electrons. The van der Waals surface area contributed by atoms with Gasteiger partial charge >= 0.3 is 5.97 Å². The summed E-state index contributed by atoms with van der Waals surface area (Å²) in [6, 6.07) is 26.4. The molecule has 52 heavy (non-hydrogen) atoms. The van der Waals surface area contributed by atoms with Crippen molar-refractivity contribution in [3.8, 4) is 45.8 Å². The predicted molar refractivity (Wildman–Crippen MR) is 219 cm³/mol. The van der Waals surface area contributed by atoms with Crippen LogP contribution in [0.25, 0.3) is 67.6 Å². The first-order chi connectivity index (χ1) is 25.0. The van der Waals surface area contributed by atoms with Gasteiger partial charge in [-0.3, -0.25) is 9.59 Å². The number of fused-ring (bicyclic) bond motifs is 3. The molecule has 5 heterocycles. The predicted octanol–water partition coefficient (Wildman–Crippen LogP) is 10.7. The molecule has 0 spiro atoms. The number of rotatable bonds is 10. The highest BCUT2D eigenvalue weighted by Gasteiger charge is 2.22. The van der Waals surface area contributed by atoms with Gasteiger partial charge in [0.25, 0.3) is 5.91 Å². The van der Waals surface area contributed by atoms with Crippen molar-refractivity contribution in [1.82, 2.24) is 9.47 Å². The Kier molecular flexibility index (Phi) is 9.78. The van der Waals surface area contributed by atoms with Crippen LogP contribution in [0.4, 0.5) is 0 Å². The molecule has 5 aromatic heterocycles. The average molecular weight is 761 g/mol. The van der Waals surface area contributed by atoms with E-state index < -0.39 is 18.4 Å². The van der Waals surface area contributed by atoms with Gasteiger partial charge in [-0.1, -0.05) is 24.3 Å². The van der Waals surface area contributed by atoms with Gasteiger partial charge in [-0.15, -0.1) is 45.3 Å². The number of amides is 1. The number of nitriles is 1. The van der Waals surface area contributed by atoms with Crippen molar-refractivity contribution in [2.24, 2.45) is 5.73 Å². The van der Waals surface area contributed by atoms with E-state index in [-0.39, 0.29) is 12.2 Å². The van der Waals surface area contributed by atoms with Gasteiger partial charge in [0.15, 0.2) is 0 Å². The van der Waals surface area contributed by atoms with E-state index in [0.29, 0.717) is 0 Å². The summed E-state index contributed by atoms with van der Waals surface area (Å²) < 4.78 is 2.39. The number of carbonyl (C=O) groups excluding carboxylic acids is 1. The zero-order chi connectivity index (χ0) is 36.8. The molecular formula is C41H36N4O3S4. The van der Waals surface area contributed by atoms with Gasteiger partial charge in [0.05, 0.1) is 6.67 Å². The second-order valence-corrected chi connectivity index (χ2v) is 17.0. The maximum Gasteiger partial charge on any atom is 0.323 e. The van der Waals surface area contributed by atoms with Crippen molar-refractivity contribution >= 4 is 85.1 Å². The van der Waals surface area contributed by atoms with E-state index in [2.05, 4.69) is 99.0 Å². The molecule has 7 nitrogen and oxygen atoms in total. The van der Waals surface area contributed by atoms with Crippen LogP contribution in [-0.2, 0) is 16.1 Å². The first-order valence-corrected chi connectivity index (χ1v) is 20.0. The topological polar surface area (TPSA) is 112 Å².